The number of halogens is 2. The molecule has 1 aliphatic rings. The first-order valence-corrected chi connectivity index (χ1v) is 7.79. The number of hydrogen-bond acceptors (Lipinski definition) is 2. The first-order valence-electron chi connectivity index (χ1n) is 7.79. The largest absolute Gasteiger partial charge is 0.292 e. The fourth-order valence-electron chi connectivity index (χ4n) is 3.30. The number of rotatable bonds is 5. The summed E-state index contributed by atoms with van der Waals surface area (Å²) >= 11 is 0. The number of nitrogens with zero attached hydrogens (tertiary/aromatic N) is 1. The van der Waals surface area contributed by atoms with E-state index in [2.05, 4.69) is 4.90 Å². The molecule has 0 aliphatic heterocycles. The average molecular weight is 295 g/mol. The molecule has 116 valence electrons. The minimum atomic E-state index is -0.964. The van der Waals surface area contributed by atoms with Crippen LogP contribution in [0.5, 0.6) is 0 Å². The van der Waals surface area contributed by atoms with E-state index >= 15 is 0 Å². The Balaban J connectivity index is 2.13. The molecule has 0 spiro atoms. The number of carbonyl (C=O) groups is 1. The van der Waals surface area contributed by atoms with Crippen LogP contribution in [0.4, 0.5) is 8.78 Å². The maximum Gasteiger partial charge on any atom is 0.179 e. The molecular weight excluding hydrogens is 272 g/mol. The van der Waals surface area contributed by atoms with Gasteiger partial charge in [-0.15, -0.1) is 0 Å². The molecule has 0 bridgehead atoms. The smallest absolute Gasteiger partial charge is 0.179 e. The van der Waals surface area contributed by atoms with Gasteiger partial charge >= 0.3 is 0 Å². The third kappa shape index (κ3) is 3.67. The first-order chi connectivity index (χ1) is 10.0. The maximum absolute atomic E-state index is 13.3. The summed E-state index contributed by atoms with van der Waals surface area (Å²) in [5.74, 6) is -2.02. The number of hydrogen-bond donors (Lipinski definition) is 0. The summed E-state index contributed by atoms with van der Waals surface area (Å²) in [5, 5.41) is 0. The minimum Gasteiger partial charge on any atom is -0.292 e. The van der Waals surface area contributed by atoms with Gasteiger partial charge in [-0.3, -0.25) is 9.69 Å². The van der Waals surface area contributed by atoms with Gasteiger partial charge in [0.05, 0.1) is 6.04 Å². The molecule has 0 heterocycles. The Bertz CT molecular complexity index is 498. The van der Waals surface area contributed by atoms with Gasteiger partial charge in [-0.05, 0) is 44.5 Å². The highest BCUT2D eigenvalue weighted by Gasteiger charge is 2.28. The van der Waals surface area contributed by atoms with Crippen molar-refractivity contribution in [3.63, 3.8) is 0 Å². The fourth-order valence-corrected chi connectivity index (χ4v) is 3.30. The molecule has 0 radical (unpaired) electrons. The highest BCUT2D eigenvalue weighted by Crippen LogP contribution is 2.25. The van der Waals surface area contributed by atoms with E-state index in [9.17, 15) is 13.6 Å². The van der Waals surface area contributed by atoms with Crippen LogP contribution in [0.3, 0.4) is 0 Å². The summed E-state index contributed by atoms with van der Waals surface area (Å²) < 4.78 is 26.3. The third-order valence-corrected chi connectivity index (χ3v) is 4.49. The second kappa shape index (κ2) is 7.12. The van der Waals surface area contributed by atoms with E-state index in [0.29, 0.717) is 6.04 Å². The molecule has 1 aromatic rings. The summed E-state index contributed by atoms with van der Waals surface area (Å²) in [6.07, 6.45) is 5.90. The Morgan fingerprint density at radius 2 is 1.90 bits per heavy atom. The van der Waals surface area contributed by atoms with Crippen LogP contribution in [0, 0.1) is 11.6 Å². The van der Waals surface area contributed by atoms with Gasteiger partial charge in [0.25, 0.3) is 0 Å². The molecule has 1 unspecified atom stereocenters. The van der Waals surface area contributed by atoms with Crippen molar-refractivity contribution in [3.05, 3.63) is 35.4 Å². The monoisotopic (exact) mass is 295 g/mol. The van der Waals surface area contributed by atoms with Crippen LogP contribution in [-0.2, 0) is 0 Å². The fraction of sp³-hybridized carbons (Fsp3) is 0.588. The molecule has 21 heavy (non-hydrogen) atoms. The van der Waals surface area contributed by atoms with E-state index in [1.807, 2.05) is 13.8 Å². The summed E-state index contributed by atoms with van der Waals surface area (Å²) in [7, 11) is 0. The zero-order valence-electron chi connectivity index (χ0n) is 12.7. The Labute approximate surface area is 125 Å². The molecule has 0 amide bonds. The van der Waals surface area contributed by atoms with E-state index in [0.717, 1.165) is 31.5 Å². The molecule has 4 heteroatoms. The summed E-state index contributed by atoms with van der Waals surface area (Å²) in [6.45, 7) is 4.70. The van der Waals surface area contributed by atoms with Gasteiger partial charge in [0.15, 0.2) is 17.4 Å². The van der Waals surface area contributed by atoms with Crippen molar-refractivity contribution in [2.24, 2.45) is 0 Å². The summed E-state index contributed by atoms with van der Waals surface area (Å²) in [5.41, 5.74) is 0.246. The van der Waals surface area contributed by atoms with Gasteiger partial charge < -0.3 is 0 Å². The molecule has 1 aromatic carbocycles. The highest BCUT2D eigenvalue weighted by molar-refractivity contribution is 5.99. The Hall–Kier alpha value is -1.29. The maximum atomic E-state index is 13.3. The molecule has 2 rings (SSSR count). The van der Waals surface area contributed by atoms with Crippen LogP contribution in [0.25, 0.3) is 0 Å². The van der Waals surface area contributed by atoms with Crippen LogP contribution in [-0.4, -0.2) is 29.3 Å². The number of Topliss-reactive ketones (excluding diaryl/α,β-unsaturated/α-hetero) is 1. The highest BCUT2D eigenvalue weighted by atomic mass is 19.2. The predicted molar refractivity (Wildman–Crippen MR) is 79.4 cm³/mol. The molecule has 1 fully saturated rings. The summed E-state index contributed by atoms with van der Waals surface area (Å²) in [6, 6.07) is 3.51. The SMILES string of the molecule is CCN(C1CCCCC1)C(C)C(=O)c1ccc(F)c(F)c1. The normalized spacial score (nSPS) is 18.0. The standard InChI is InChI=1S/C17H23F2NO/c1-3-20(14-7-5-4-6-8-14)12(2)17(21)13-9-10-15(18)16(19)11-13/h9-12,14H,3-8H2,1-2H3. The van der Waals surface area contributed by atoms with Crippen LogP contribution in [0.2, 0.25) is 0 Å². The lowest BCUT2D eigenvalue weighted by Gasteiger charge is -2.37. The second-order valence-corrected chi connectivity index (χ2v) is 5.79. The van der Waals surface area contributed by atoms with Crippen molar-refractivity contribution in [1.82, 2.24) is 4.90 Å². The zero-order valence-corrected chi connectivity index (χ0v) is 12.7. The van der Waals surface area contributed by atoms with Crippen molar-refractivity contribution in [1.29, 1.82) is 0 Å². The van der Waals surface area contributed by atoms with Crippen LogP contribution >= 0.6 is 0 Å². The van der Waals surface area contributed by atoms with Crippen molar-refractivity contribution in [2.75, 3.05) is 6.54 Å². The van der Waals surface area contributed by atoms with Gasteiger partial charge in [-0.25, -0.2) is 8.78 Å². The molecular formula is C17H23F2NO. The van der Waals surface area contributed by atoms with E-state index in [1.165, 1.54) is 25.3 Å². The minimum absolute atomic E-state index is 0.138. The van der Waals surface area contributed by atoms with Crippen molar-refractivity contribution < 1.29 is 13.6 Å². The topological polar surface area (TPSA) is 20.3 Å². The lowest BCUT2D eigenvalue weighted by molar-refractivity contribution is 0.0717. The quantitative estimate of drug-likeness (QED) is 0.759. The van der Waals surface area contributed by atoms with Gasteiger partial charge in [0, 0.05) is 11.6 Å². The molecule has 1 aliphatic carbocycles. The first kappa shape index (κ1) is 16.1. The van der Waals surface area contributed by atoms with E-state index in [-0.39, 0.29) is 17.4 Å². The van der Waals surface area contributed by atoms with Gasteiger partial charge in [-0.2, -0.15) is 0 Å². The average Bonchev–Trinajstić information content (AvgIpc) is 2.51. The zero-order chi connectivity index (χ0) is 15.4. The molecule has 0 aromatic heterocycles. The number of benzene rings is 1. The summed E-state index contributed by atoms with van der Waals surface area (Å²) in [4.78, 5) is 14.7. The van der Waals surface area contributed by atoms with Crippen LogP contribution in [0.15, 0.2) is 18.2 Å². The second-order valence-electron chi connectivity index (χ2n) is 5.79. The Kier molecular flexibility index (Phi) is 5.45. The Morgan fingerprint density at radius 1 is 1.24 bits per heavy atom. The molecule has 0 N–H and O–H groups in total. The Morgan fingerprint density at radius 3 is 2.48 bits per heavy atom. The number of carbonyl (C=O) groups excluding carboxylic acids is 1. The van der Waals surface area contributed by atoms with Gasteiger partial charge in [0.1, 0.15) is 0 Å². The van der Waals surface area contributed by atoms with Crippen molar-refractivity contribution in [2.45, 2.75) is 58.0 Å². The third-order valence-electron chi connectivity index (χ3n) is 4.49. The lowest BCUT2D eigenvalue weighted by atomic mass is 9.92. The molecule has 0 saturated heterocycles. The number of likely N-dealkylation sites (N-methyl/N-ethyl adjacent to an activating group) is 1. The van der Waals surface area contributed by atoms with Crippen molar-refractivity contribution >= 4 is 5.78 Å². The lowest BCUT2D eigenvalue weighted by Crippen LogP contribution is -2.46. The van der Waals surface area contributed by atoms with Crippen LogP contribution in [0.1, 0.15) is 56.3 Å². The van der Waals surface area contributed by atoms with Gasteiger partial charge in [0.2, 0.25) is 0 Å². The molecule has 1 saturated carbocycles. The van der Waals surface area contributed by atoms with Gasteiger partial charge in [-0.1, -0.05) is 26.2 Å². The number of ketones is 1. The van der Waals surface area contributed by atoms with E-state index in [1.54, 1.807) is 0 Å². The van der Waals surface area contributed by atoms with Crippen LogP contribution < -0.4 is 0 Å². The molecule has 2 nitrogen and oxygen atoms in total. The van der Waals surface area contributed by atoms with Crippen molar-refractivity contribution in [3.8, 4) is 0 Å². The molecule has 1 atom stereocenters. The van der Waals surface area contributed by atoms with E-state index in [4.69, 9.17) is 0 Å². The van der Waals surface area contributed by atoms with E-state index < -0.39 is 11.6 Å². The predicted octanol–water partition coefficient (Wildman–Crippen LogP) is 4.19.